The molecule has 0 aliphatic heterocycles. The van der Waals surface area contributed by atoms with Crippen LogP contribution < -0.4 is 5.43 Å². The first kappa shape index (κ1) is 23.9. The third kappa shape index (κ3) is 4.42. The van der Waals surface area contributed by atoms with Crippen LogP contribution in [-0.4, -0.2) is 37.9 Å². The predicted octanol–water partition coefficient (Wildman–Crippen LogP) is 5.44. The molecular formula is C26H24ClN3O3S. The molecule has 8 heteroatoms. The number of nitrogens with zero attached hydrogens (tertiary/aromatic N) is 2. The summed E-state index contributed by atoms with van der Waals surface area (Å²) in [5.74, 6) is -0.504. The molecule has 0 heterocycles. The van der Waals surface area contributed by atoms with Crippen LogP contribution in [0.4, 0.5) is 0 Å². The number of benzene rings is 4. The first-order chi connectivity index (χ1) is 16.4. The summed E-state index contributed by atoms with van der Waals surface area (Å²) in [5.41, 5.74) is 3.55. The summed E-state index contributed by atoms with van der Waals surface area (Å²) in [6.45, 7) is 4.25. The van der Waals surface area contributed by atoms with Crippen molar-refractivity contribution in [1.29, 1.82) is 0 Å². The molecule has 0 fully saturated rings. The summed E-state index contributed by atoms with van der Waals surface area (Å²) >= 11 is 6.64. The number of hydrazone groups is 1. The summed E-state index contributed by atoms with van der Waals surface area (Å²) in [4.78, 5) is 12.8. The highest BCUT2D eigenvalue weighted by atomic mass is 35.5. The number of rotatable bonds is 7. The first-order valence-electron chi connectivity index (χ1n) is 10.9. The Bertz CT molecular complexity index is 1460. The quantitative estimate of drug-likeness (QED) is 0.211. The second-order valence-corrected chi connectivity index (χ2v) is 9.95. The van der Waals surface area contributed by atoms with Crippen LogP contribution in [0.25, 0.3) is 21.5 Å². The summed E-state index contributed by atoms with van der Waals surface area (Å²) in [5, 5.41) is 8.46. The van der Waals surface area contributed by atoms with E-state index in [1.165, 1.54) is 16.4 Å². The van der Waals surface area contributed by atoms with Gasteiger partial charge in [-0.2, -0.15) is 9.41 Å². The van der Waals surface area contributed by atoms with Gasteiger partial charge < -0.3 is 0 Å². The van der Waals surface area contributed by atoms with Crippen LogP contribution >= 0.6 is 11.6 Å². The Hall–Kier alpha value is -3.26. The summed E-state index contributed by atoms with van der Waals surface area (Å²) in [6.07, 6.45) is 1.59. The second-order valence-electron chi connectivity index (χ2n) is 7.64. The van der Waals surface area contributed by atoms with E-state index in [4.69, 9.17) is 11.6 Å². The van der Waals surface area contributed by atoms with Gasteiger partial charge in [0.2, 0.25) is 10.0 Å². The van der Waals surface area contributed by atoms with Crippen molar-refractivity contribution in [2.24, 2.45) is 5.10 Å². The molecule has 1 N–H and O–H groups in total. The number of carbonyl (C=O) groups excluding carboxylic acids is 1. The Morgan fingerprint density at radius 3 is 2.03 bits per heavy atom. The summed E-state index contributed by atoms with van der Waals surface area (Å²) < 4.78 is 26.9. The van der Waals surface area contributed by atoms with Crippen LogP contribution in [-0.2, 0) is 10.0 Å². The molecule has 0 saturated heterocycles. The molecule has 0 saturated carbocycles. The molecule has 0 aromatic heterocycles. The fraction of sp³-hybridized carbons (Fsp3) is 0.154. The number of carbonyl (C=O) groups is 1. The van der Waals surface area contributed by atoms with Gasteiger partial charge in [-0.1, -0.05) is 80.0 Å². The number of amides is 1. The van der Waals surface area contributed by atoms with Gasteiger partial charge in [-0.15, -0.1) is 0 Å². The molecule has 0 spiro atoms. The predicted molar refractivity (Wildman–Crippen MR) is 138 cm³/mol. The van der Waals surface area contributed by atoms with E-state index in [-0.39, 0.29) is 10.5 Å². The Kier molecular flexibility index (Phi) is 6.97. The average Bonchev–Trinajstić information content (AvgIpc) is 2.86. The van der Waals surface area contributed by atoms with Gasteiger partial charge in [0.05, 0.1) is 16.1 Å². The number of hydrogen-bond donors (Lipinski definition) is 1. The van der Waals surface area contributed by atoms with Gasteiger partial charge in [0.1, 0.15) is 0 Å². The third-order valence-corrected chi connectivity index (χ3v) is 8.16. The zero-order chi connectivity index (χ0) is 24.3. The van der Waals surface area contributed by atoms with Crippen LogP contribution in [0, 0.1) is 0 Å². The Morgan fingerprint density at radius 1 is 0.912 bits per heavy atom. The van der Waals surface area contributed by atoms with Crippen molar-refractivity contribution in [3.8, 4) is 0 Å². The fourth-order valence-electron chi connectivity index (χ4n) is 3.98. The van der Waals surface area contributed by atoms with Gasteiger partial charge in [0.15, 0.2) is 0 Å². The van der Waals surface area contributed by atoms with Crippen molar-refractivity contribution < 1.29 is 13.2 Å². The lowest BCUT2D eigenvalue weighted by atomic mass is 9.97. The van der Waals surface area contributed by atoms with Crippen LogP contribution in [0.5, 0.6) is 0 Å². The highest BCUT2D eigenvalue weighted by Gasteiger charge is 2.22. The highest BCUT2D eigenvalue weighted by Crippen LogP contribution is 2.35. The molecule has 0 bridgehead atoms. The molecule has 174 valence electrons. The SMILES string of the molecule is CCN(CC)S(=O)(=O)c1cccc(C(=O)N/N=C\c2c3ccccc3c(Cl)c3ccccc23)c1. The zero-order valence-corrected chi connectivity index (χ0v) is 20.4. The van der Waals surface area contributed by atoms with Crippen molar-refractivity contribution in [2.75, 3.05) is 13.1 Å². The minimum Gasteiger partial charge on any atom is -0.267 e. The molecule has 6 nitrogen and oxygen atoms in total. The molecule has 4 aromatic carbocycles. The van der Waals surface area contributed by atoms with E-state index in [2.05, 4.69) is 10.5 Å². The topological polar surface area (TPSA) is 78.8 Å². The van der Waals surface area contributed by atoms with Crippen molar-refractivity contribution in [1.82, 2.24) is 9.73 Å². The third-order valence-electron chi connectivity index (χ3n) is 5.71. The minimum absolute atomic E-state index is 0.0718. The van der Waals surface area contributed by atoms with E-state index in [9.17, 15) is 13.2 Å². The lowest BCUT2D eigenvalue weighted by molar-refractivity contribution is 0.0955. The number of nitrogens with one attached hydrogen (secondary N) is 1. The van der Waals surface area contributed by atoms with Gasteiger partial charge in [0, 0.05) is 35.0 Å². The van der Waals surface area contributed by atoms with Gasteiger partial charge in [0.25, 0.3) is 5.91 Å². The van der Waals surface area contributed by atoms with Crippen molar-refractivity contribution in [2.45, 2.75) is 18.7 Å². The van der Waals surface area contributed by atoms with Gasteiger partial charge >= 0.3 is 0 Å². The highest BCUT2D eigenvalue weighted by molar-refractivity contribution is 7.89. The van der Waals surface area contributed by atoms with Crippen LogP contribution in [0.15, 0.2) is 82.8 Å². The molecule has 0 radical (unpaired) electrons. The van der Waals surface area contributed by atoms with E-state index >= 15 is 0 Å². The molecule has 0 aliphatic rings. The van der Waals surface area contributed by atoms with E-state index in [1.54, 1.807) is 32.2 Å². The van der Waals surface area contributed by atoms with Gasteiger partial charge in [-0.3, -0.25) is 4.79 Å². The summed E-state index contributed by atoms with van der Waals surface area (Å²) in [6, 6.07) is 21.5. The Balaban J connectivity index is 1.65. The van der Waals surface area contributed by atoms with E-state index in [1.807, 2.05) is 48.5 Å². The zero-order valence-electron chi connectivity index (χ0n) is 18.8. The maximum Gasteiger partial charge on any atom is 0.271 e. The smallest absolute Gasteiger partial charge is 0.267 e. The summed E-state index contributed by atoms with van der Waals surface area (Å²) in [7, 11) is -3.67. The lowest BCUT2D eigenvalue weighted by Gasteiger charge is -2.18. The maximum absolute atomic E-state index is 12.8. The standard InChI is InChI=1S/C26H24ClN3O3S/c1-3-30(4-2)34(32,33)19-11-9-10-18(16-19)26(31)29-28-17-24-20-12-5-7-14-22(20)25(27)23-15-8-6-13-21(23)24/h5-17H,3-4H2,1-2H3,(H,29,31)/b28-17-. The molecule has 0 atom stereocenters. The monoisotopic (exact) mass is 493 g/mol. The number of sulfonamides is 1. The molecule has 4 rings (SSSR count). The van der Waals surface area contributed by atoms with Gasteiger partial charge in [-0.05, 0) is 29.0 Å². The van der Waals surface area contributed by atoms with Crippen molar-refractivity contribution >= 4 is 55.3 Å². The molecule has 1 amide bonds. The second kappa shape index (κ2) is 9.93. The van der Waals surface area contributed by atoms with E-state index in [0.717, 1.165) is 27.1 Å². The normalized spacial score (nSPS) is 12.1. The Labute approximate surface area is 203 Å². The lowest BCUT2D eigenvalue weighted by Crippen LogP contribution is -2.30. The van der Waals surface area contributed by atoms with Crippen LogP contribution in [0.3, 0.4) is 0 Å². The molecule has 0 aliphatic carbocycles. The first-order valence-corrected chi connectivity index (χ1v) is 12.7. The van der Waals surface area contributed by atoms with E-state index in [0.29, 0.717) is 18.1 Å². The van der Waals surface area contributed by atoms with Crippen LogP contribution in [0.2, 0.25) is 5.02 Å². The fourth-order valence-corrected chi connectivity index (χ4v) is 5.81. The number of hydrogen-bond acceptors (Lipinski definition) is 4. The molecular weight excluding hydrogens is 470 g/mol. The molecule has 4 aromatic rings. The van der Waals surface area contributed by atoms with Crippen LogP contribution in [0.1, 0.15) is 29.8 Å². The number of fused-ring (bicyclic) bond motifs is 2. The molecule has 34 heavy (non-hydrogen) atoms. The largest absolute Gasteiger partial charge is 0.271 e. The van der Waals surface area contributed by atoms with E-state index < -0.39 is 15.9 Å². The van der Waals surface area contributed by atoms with Crippen molar-refractivity contribution in [3.05, 3.63) is 88.9 Å². The van der Waals surface area contributed by atoms with Crippen molar-refractivity contribution in [3.63, 3.8) is 0 Å². The molecule has 0 unspecified atom stereocenters. The van der Waals surface area contributed by atoms with Gasteiger partial charge in [-0.25, -0.2) is 13.8 Å². The Morgan fingerprint density at radius 2 is 1.47 bits per heavy atom. The maximum atomic E-state index is 12.8. The average molecular weight is 494 g/mol. The number of halogens is 1. The minimum atomic E-state index is -3.67.